The van der Waals surface area contributed by atoms with Gasteiger partial charge in [-0.2, -0.15) is 0 Å². The maximum absolute atomic E-state index is 11.8. The third-order valence-electron chi connectivity index (χ3n) is 3.52. The maximum atomic E-state index is 11.8. The molecule has 110 valence electrons. The first-order valence-electron chi connectivity index (χ1n) is 6.80. The second-order valence-electron chi connectivity index (χ2n) is 4.93. The van der Waals surface area contributed by atoms with Crippen LogP contribution in [0.15, 0.2) is 64.3 Å². The lowest BCUT2D eigenvalue weighted by Gasteiger charge is -2.12. The van der Waals surface area contributed by atoms with Gasteiger partial charge in [-0.25, -0.2) is 4.79 Å². The van der Waals surface area contributed by atoms with Crippen LogP contribution in [0.25, 0.3) is 22.1 Å². The molecule has 0 atom stereocenters. The van der Waals surface area contributed by atoms with E-state index in [2.05, 4.69) is 6.58 Å². The van der Waals surface area contributed by atoms with Gasteiger partial charge in [0.25, 0.3) is 0 Å². The highest BCUT2D eigenvalue weighted by Gasteiger charge is 2.17. The molecule has 0 aliphatic rings. The quantitative estimate of drug-likeness (QED) is 0.572. The number of phenols is 2. The Kier molecular flexibility index (Phi) is 3.43. The van der Waals surface area contributed by atoms with Crippen molar-refractivity contribution in [2.75, 3.05) is 0 Å². The van der Waals surface area contributed by atoms with Crippen molar-refractivity contribution in [1.29, 1.82) is 0 Å². The zero-order valence-corrected chi connectivity index (χ0v) is 11.7. The highest BCUT2D eigenvalue weighted by Crippen LogP contribution is 2.40. The largest absolute Gasteiger partial charge is 0.507 e. The van der Waals surface area contributed by atoms with E-state index in [0.717, 1.165) is 5.56 Å². The van der Waals surface area contributed by atoms with Crippen LogP contribution in [0.5, 0.6) is 11.5 Å². The fourth-order valence-electron chi connectivity index (χ4n) is 2.53. The summed E-state index contributed by atoms with van der Waals surface area (Å²) < 4.78 is 5.12. The predicted molar refractivity (Wildman–Crippen MR) is 85.2 cm³/mol. The van der Waals surface area contributed by atoms with Crippen molar-refractivity contribution in [3.8, 4) is 22.6 Å². The first kappa shape index (κ1) is 13.9. The van der Waals surface area contributed by atoms with Crippen LogP contribution in [0.2, 0.25) is 0 Å². The van der Waals surface area contributed by atoms with E-state index in [4.69, 9.17) is 4.42 Å². The molecule has 2 aromatic carbocycles. The van der Waals surface area contributed by atoms with Crippen LogP contribution >= 0.6 is 0 Å². The zero-order chi connectivity index (χ0) is 15.7. The SMILES string of the molecule is C=CCc1c(O)cc2oc(=O)cc(-c3ccccc3)c2c1O. The minimum atomic E-state index is -0.540. The van der Waals surface area contributed by atoms with Crippen LogP contribution in [0, 0.1) is 0 Å². The summed E-state index contributed by atoms with van der Waals surface area (Å²) in [7, 11) is 0. The molecular formula is C18H14O4. The molecule has 22 heavy (non-hydrogen) atoms. The van der Waals surface area contributed by atoms with E-state index in [1.165, 1.54) is 12.1 Å². The van der Waals surface area contributed by atoms with E-state index in [-0.39, 0.29) is 17.1 Å². The number of fused-ring (bicyclic) bond motifs is 1. The Morgan fingerprint density at radius 2 is 1.86 bits per heavy atom. The molecule has 0 saturated heterocycles. The summed E-state index contributed by atoms with van der Waals surface area (Å²) >= 11 is 0. The van der Waals surface area contributed by atoms with E-state index in [1.807, 2.05) is 30.3 Å². The molecule has 0 unspecified atom stereocenters. The van der Waals surface area contributed by atoms with Gasteiger partial charge in [0, 0.05) is 23.3 Å². The summed E-state index contributed by atoms with van der Waals surface area (Å²) in [4.78, 5) is 11.8. The molecule has 0 bridgehead atoms. The number of hydrogen-bond acceptors (Lipinski definition) is 4. The zero-order valence-electron chi connectivity index (χ0n) is 11.7. The number of benzene rings is 2. The number of allylic oxidation sites excluding steroid dienone is 1. The van der Waals surface area contributed by atoms with E-state index >= 15 is 0 Å². The van der Waals surface area contributed by atoms with Crippen LogP contribution in [-0.2, 0) is 6.42 Å². The summed E-state index contributed by atoms with van der Waals surface area (Å²) in [5.41, 5.74) is 1.31. The summed E-state index contributed by atoms with van der Waals surface area (Å²) in [5, 5.41) is 20.9. The van der Waals surface area contributed by atoms with Crippen LogP contribution in [-0.4, -0.2) is 10.2 Å². The van der Waals surface area contributed by atoms with E-state index in [9.17, 15) is 15.0 Å². The molecular weight excluding hydrogens is 280 g/mol. The summed E-state index contributed by atoms with van der Waals surface area (Å²) in [6, 6.07) is 11.9. The summed E-state index contributed by atoms with van der Waals surface area (Å²) in [5.74, 6) is -0.226. The Hall–Kier alpha value is -3.01. The van der Waals surface area contributed by atoms with E-state index in [0.29, 0.717) is 22.9 Å². The Labute approximate surface area is 126 Å². The van der Waals surface area contributed by atoms with Gasteiger partial charge in [-0.15, -0.1) is 6.58 Å². The molecule has 3 aromatic rings. The Morgan fingerprint density at radius 3 is 2.55 bits per heavy atom. The molecule has 0 spiro atoms. The van der Waals surface area contributed by atoms with Gasteiger partial charge in [0.2, 0.25) is 0 Å². The third-order valence-corrected chi connectivity index (χ3v) is 3.52. The smallest absolute Gasteiger partial charge is 0.336 e. The molecule has 4 heteroatoms. The Bertz CT molecular complexity index is 908. The Balaban J connectivity index is 2.44. The summed E-state index contributed by atoms with van der Waals surface area (Å²) in [6.07, 6.45) is 1.89. The average molecular weight is 294 g/mol. The monoisotopic (exact) mass is 294 g/mol. The van der Waals surface area contributed by atoms with Gasteiger partial charge in [0.15, 0.2) is 0 Å². The van der Waals surface area contributed by atoms with Gasteiger partial charge >= 0.3 is 5.63 Å². The topological polar surface area (TPSA) is 70.7 Å². The molecule has 1 aromatic heterocycles. The minimum Gasteiger partial charge on any atom is -0.507 e. The van der Waals surface area contributed by atoms with E-state index < -0.39 is 5.63 Å². The molecule has 1 heterocycles. The number of rotatable bonds is 3. The molecule has 2 N–H and O–H groups in total. The predicted octanol–water partition coefficient (Wildman–Crippen LogP) is 3.60. The number of aromatic hydroxyl groups is 2. The molecule has 3 rings (SSSR count). The second kappa shape index (κ2) is 5.41. The molecule has 0 radical (unpaired) electrons. The summed E-state index contributed by atoms with van der Waals surface area (Å²) in [6.45, 7) is 3.62. The molecule has 0 fully saturated rings. The number of phenolic OH excluding ortho intramolecular Hbond substituents is 2. The van der Waals surface area contributed by atoms with Gasteiger partial charge in [0.1, 0.15) is 17.1 Å². The van der Waals surface area contributed by atoms with Crippen molar-refractivity contribution in [1.82, 2.24) is 0 Å². The fraction of sp³-hybridized carbons (Fsp3) is 0.0556. The van der Waals surface area contributed by atoms with Gasteiger partial charge in [-0.05, 0) is 12.0 Å². The minimum absolute atomic E-state index is 0.0995. The van der Waals surface area contributed by atoms with Crippen LogP contribution < -0.4 is 5.63 Å². The maximum Gasteiger partial charge on any atom is 0.336 e. The molecule has 0 amide bonds. The molecule has 4 nitrogen and oxygen atoms in total. The highest BCUT2D eigenvalue weighted by atomic mass is 16.4. The first-order chi connectivity index (χ1) is 10.6. The number of hydrogen-bond donors (Lipinski definition) is 2. The first-order valence-corrected chi connectivity index (χ1v) is 6.80. The van der Waals surface area contributed by atoms with Crippen molar-refractivity contribution in [2.45, 2.75) is 6.42 Å². The van der Waals surface area contributed by atoms with Crippen molar-refractivity contribution in [2.24, 2.45) is 0 Å². The lowest BCUT2D eigenvalue weighted by atomic mass is 9.98. The van der Waals surface area contributed by atoms with Crippen LogP contribution in [0.3, 0.4) is 0 Å². The van der Waals surface area contributed by atoms with Crippen molar-refractivity contribution >= 4 is 11.0 Å². The Morgan fingerprint density at radius 1 is 1.14 bits per heavy atom. The van der Waals surface area contributed by atoms with Crippen molar-refractivity contribution < 1.29 is 14.6 Å². The van der Waals surface area contributed by atoms with Crippen molar-refractivity contribution in [3.63, 3.8) is 0 Å². The van der Waals surface area contributed by atoms with Gasteiger partial charge < -0.3 is 14.6 Å². The van der Waals surface area contributed by atoms with Gasteiger partial charge in [0.05, 0.1) is 5.39 Å². The second-order valence-corrected chi connectivity index (χ2v) is 4.93. The van der Waals surface area contributed by atoms with Gasteiger partial charge in [-0.3, -0.25) is 0 Å². The van der Waals surface area contributed by atoms with Gasteiger partial charge in [-0.1, -0.05) is 36.4 Å². The standard InChI is InChI=1S/C18H14O4/c1-2-6-12-14(19)10-15-17(18(12)21)13(9-16(20)22-15)11-7-4-3-5-8-11/h2-5,7-10,19,21H,1,6H2. The molecule has 0 saturated carbocycles. The normalized spacial score (nSPS) is 10.7. The van der Waals surface area contributed by atoms with Crippen LogP contribution in [0.1, 0.15) is 5.56 Å². The van der Waals surface area contributed by atoms with Crippen LogP contribution in [0.4, 0.5) is 0 Å². The van der Waals surface area contributed by atoms with Crippen molar-refractivity contribution in [3.05, 3.63) is 71.1 Å². The average Bonchev–Trinajstić information content (AvgIpc) is 2.51. The molecule has 0 aliphatic carbocycles. The fourth-order valence-corrected chi connectivity index (χ4v) is 2.53. The molecule has 0 aliphatic heterocycles. The van der Waals surface area contributed by atoms with E-state index in [1.54, 1.807) is 6.08 Å². The lowest BCUT2D eigenvalue weighted by molar-refractivity contribution is 0.442. The lowest BCUT2D eigenvalue weighted by Crippen LogP contribution is -1.99. The highest BCUT2D eigenvalue weighted by molar-refractivity contribution is 5.99. The third kappa shape index (κ3) is 2.24.